The zero-order valence-electron chi connectivity index (χ0n) is 12.0. The maximum Gasteiger partial charge on any atom is 0.305 e. The van der Waals surface area contributed by atoms with Crippen LogP contribution in [0.5, 0.6) is 0 Å². The van der Waals surface area contributed by atoms with Gasteiger partial charge in [0.2, 0.25) is 0 Å². The van der Waals surface area contributed by atoms with E-state index in [4.69, 9.17) is 9.47 Å². The lowest BCUT2D eigenvalue weighted by atomic mass is 10.1. The quantitative estimate of drug-likeness (QED) is 0.639. The molecule has 4 nitrogen and oxygen atoms in total. The molecule has 0 atom stereocenters. The first-order valence-corrected chi connectivity index (χ1v) is 7.42. The van der Waals surface area contributed by atoms with Gasteiger partial charge in [-0.3, -0.25) is 9.59 Å². The summed E-state index contributed by atoms with van der Waals surface area (Å²) in [5.41, 5.74) is 0. The zero-order chi connectivity index (χ0) is 14.5. The van der Waals surface area contributed by atoms with Gasteiger partial charge in [-0.15, -0.1) is 0 Å². The molecule has 1 rings (SSSR count). The molecule has 0 bridgehead atoms. The molecule has 112 valence electrons. The minimum absolute atomic E-state index is 0.160. The number of ether oxygens (including phenoxy) is 2. The molecule has 0 aliphatic carbocycles. The summed E-state index contributed by atoms with van der Waals surface area (Å²) in [6.45, 7) is 0.320. The van der Waals surface area contributed by atoms with Crippen LogP contribution < -0.4 is 0 Å². The van der Waals surface area contributed by atoms with Gasteiger partial charge in [0, 0.05) is 12.8 Å². The second-order valence-electron chi connectivity index (χ2n) is 4.79. The van der Waals surface area contributed by atoms with Gasteiger partial charge in [-0.2, -0.15) is 0 Å². The molecule has 20 heavy (non-hydrogen) atoms. The molecule has 0 fully saturated rings. The number of carbonyl (C=O) groups excluding carboxylic acids is 2. The number of cyclic esters (lactones) is 2. The predicted molar refractivity (Wildman–Crippen MR) is 77.1 cm³/mol. The van der Waals surface area contributed by atoms with Crippen LogP contribution in [0.15, 0.2) is 24.3 Å². The summed E-state index contributed by atoms with van der Waals surface area (Å²) in [6.07, 6.45) is 14.7. The van der Waals surface area contributed by atoms with E-state index < -0.39 is 0 Å². The molecule has 0 amide bonds. The Bertz CT molecular complexity index is 310. The van der Waals surface area contributed by atoms with E-state index in [0.717, 1.165) is 38.5 Å². The Hall–Kier alpha value is -1.58. The fourth-order valence-corrected chi connectivity index (χ4v) is 1.87. The number of allylic oxidation sites excluding steroid dienone is 4. The summed E-state index contributed by atoms with van der Waals surface area (Å²) >= 11 is 0. The van der Waals surface area contributed by atoms with E-state index in [2.05, 4.69) is 12.2 Å². The summed E-state index contributed by atoms with van der Waals surface area (Å²) in [5, 5.41) is 0. The third-order valence-corrected chi connectivity index (χ3v) is 3.00. The molecule has 0 saturated carbocycles. The van der Waals surface area contributed by atoms with Crippen molar-refractivity contribution in [2.24, 2.45) is 0 Å². The van der Waals surface area contributed by atoms with E-state index in [0.29, 0.717) is 12.8 Å². The Balaban J connectivity index is 2.32. The molecular formula is C16H24O4. The Morgan fingerprint density at radius 3 is 1.60 bits per heavy atom. The Morgan fingerprint density at radius 2 is 1.15 bits per heavy atom. The topological polar surface area (TPSA) is 52.6 Å². The lowest BCUT2D eigenvalue weighted by molar-refractivity contribution is -0.152. The monoisotopic (exact) mass is 280 g/mol. The largest absolute Gasteiger partial charge is 0.462 e. The highest BCUT2D eigenvalue weighted by atomic mass is 16.6. The molecule has 4 heteroatoms. The van der Waals surface area contributed by atoms with Crippen LogP contribution in [0.25, 0.3) is 0 Å². The van der Waals surface area contributed by atoms with Gasteiger partial charge in [-0.25, -0.2) is 0 Å². The molecule has 0 aromatic carbocycles. The minimum Gasteiger partial charge on any atom is -0.462 e. The highest BCUT2D eigenvalue weighted by molar-refractivity contribution is 5.70. The molecular weight excluding hydrogens is 256 g/mol. The summed E-state index contributed by atoms with van der Waals surface area (Å²) in [6, 6.07) is 0. The van der Waals surface area contributed by atoms with Crippen molar-refractivity contribution in [1.82, 2.24) is 0 Å². The maximum absolute atomic E-state index is 11.4. The minimum atomic E-state index is -0.217. The number of carbonyl (C=O) groups is 2. The lowest BCUT2D eigenvalue weighted by Gasteiger charge is -2.06. The summed E-state index contributed by atoms with van der Waals surface area (Å²) in [7, 11) is 0. The van der Waals surface area contributed by atoms with Crippen LogP contribution in [-0.2, 0) is 19.1 Å². The summed E-state index contributed by atoms with van der Waals surface area (Å²) in [4.78, 5) is 22.7. The standard InChI is InChI=1S/C16H24O4/c17-15-11-9-7-5-3-1-2-4-6-8-10-12-16(18)20-14-13-19-15/h1-4H,5-14H2/b3-1-,4-2-. The number of rotatable bonds is 0. The summed E-state index contributed by atoms with van der Waals surface area (Å²) in [5.74, 6) is -0.433. The molecule has 0 aromatic heterocycles. The first kappa shape index (κ1) is 16.5. The molecule has 1 aliphatic heterocycles. The summed E-state index contributed by atoms with van der Waals surface area (Å²) < 4.78 is 9.98. The predicted octanol–water partition coefficient (Wildman–Crippen LogP) is 3.32. The second-order valence-corrected chi connectivity index (χ2v) is 4.79. The van der Waals surface area contributed by atoms with Gasteiger partial charge < -0.3 is 9.47 Å². The first-order valence-electron chi connectivity index (χ1n) is 7.42. The average Bonchev–Trinajstić information content (AvgIpc) is 2.44. The third kappa shape index (κ3) is 9.36. The van der Waals surface area contributed by atoms with Gasteiger partial charge in [-0.05, 0) is 38.5 Å². The van der Waals surface area contributed by atoms with Gasteiger partial charge in [0.1, 0.15) is 13.2 Å². The van der Waals surface area contributed by atoms with E-state index in [1.807, 2.05) is 12.2 Å². The van der Waals surface area contributed by atoms with E-state index in [1.54, 1.807) is 0 Å². The molecule has 1 aliphatic rings. The normalized spacial score (nSPS) is 23.8. The van der Waals surface area contributed by atoms with Crippen LogP contribution in [-0.4, -0.2) is 25.2 Å². The Labute approximate surface area is 120 Å². The van der Waals surface area contributed by atoms with Crippen molar-refractivity contribution in [3.05, 3.63) is 24.3 Å². The molecule has 0 saturated heterocycles. The van der Waals surface area contributed by atoms with Crippen molar-refractivity contribution in [2.45, 2.75) is 51.4 Å². The molecule has 0 radical (unpaired) electrons. The second kappa shape index (κ2) is 11.3. The molecule has 0 N–H and O–H groups in total. The van der Waals surface area contributed by atoms with Crippen LogP contribution in [0.3, 0.4) is 0 Å². The van der Waals surface area contributed by atoms with Crippen LogP contribution in [0, 0.1) is 0 Å². The number of hydrogen-bond donors (Lipinski definition) is 0. The fourth-order valence-electron chi connectivity index (χ4n) is 1.87. The number of hydrogen-bond acceptors (Lipinski definition) is 4. The lowest BCUT2D eigenvalue weighted by Crippen LogP contribution is -2.13. The van der Waals surface area contributed by atoms with Crippen molar-refractivity contribution in [3.63, 3.8) is 0 Å². The average molecular weight is 280 g/mol. The van der Waals surface area contributed by atoms with E-state index in [9.17, 15) is 9.59 Å². The highest BCUT2D eigenvalue weighted by Gasteiger charge is 2.05. The molecule has 1 heterocycles. The van der Waals surface area contributed by atoms with Gasteiger partial charge >= 0.3 is 11.9 Å². The first-order chi connectivity index (χ1) is 9.79. The maximum atomic E-state index is 11.4. The van der Waals surface area contributed by atoms with Crippen LogP contribution in [0.4, 0.5) is 0 Å². The van der Waals surface area contributed by atoms with E-state index in [1.165, 1.54) is 0 Å². The smallest absolute Gasteiger partial charge is 0.305 e. The van der Waals surface area contributed by atoms with Gasteiger partial charge in [0.25, 0.3) is 0 Å². The third-order valence-electron chi connectivity index (χ3n) is 3.00. The van der Waals surface area contributed by atoms with Gasteiger partial charge in [0.05, 0.1) is 0 Å². The molecule has 0 aromatic rings. The van der Waals surface area contributed by atoms with Crippen LogP contribution >= 0.6 is 0 Å². The Morgan fingerprint density at radius 1 is 0.700 bits per heavy atom. The SMILES string of the molecule is O=C1CCCC/C=C\C=C/CCCCC(=O)OCCO1. The van der Waals surface area contributed by atoms with Gasteiger partial charge in [-0.1, -0.05) is 24.3 Å². The van der Waals surface area contributed by atoms with Crippen molar-refractivity contribution in [1.29, 1.82) is 0 Å². The van der Waals surface area contributed by atoms with Crippen molar-refractivity contribution in [2.75, 3.05) is 13.2 Å². The van der Waals surface area contributed by atoms with Gasteiger partial charge in [0.15, 0.2) is 0 Å². The molecule has 0 spiro atoms. The zero-order valence-corrected chi connectivity index (χ0v) is 12.0. The number of esters is 2. The van der Waals surface area contributed by atoms with E-state index in [-0.39, 0.29) is 25.2 Å². The highest BCUT2D eigenvalue weighted by Crippen LogP contribution is 2.05. The molecule has 0 unspecified atom stereocenters. The Kier molecular flexibility index (Phi) is 9.28. The van der Waals surface area contributed by atoms with E-state index >= 15 is 0 Å². The fraction of sp³-hybridized carbons (Fsp3) is 0.625. The van der Waals surface area contributed by atoms with Crippen molar-refractivity contribution < 1.29 is 19.1 Å². The van der Waals surface area contributed by atoms with Crippen molar-refractivity contribution >= 4 is 11.9 Å². The van der Waals surface area contributed by atoms with Crippen LogP contribution in [0.2, 0.25) is 0 Å². The van der Waals surface area contributed by atoms with Crippen LogP contribution in [0.1, 0.15) is 51.4 Å². The van der Waals surface area contributed by atoms with Crippen molar-refractivity contribution in [3.8, 4) is 0 Å².